The molecule has 1 rings (SSSR count). The van der Waals surface area contributed by atoms with E-state index in [9.17, 15) is 0 Å². The number of halogens is 1. The minimum absolute atomic E-state index is 0.134. The average Bonchev–Trinajstić information content (AvgIpc) is 2.20. The number of hydrogen-bond acceptors (Lipinski definition) is 3. The first kappa shape index (κ1) is 11.9. The van der Waals surface area contributed by atoms with Crippen molar-refractivity contribution in [2.75, 3.05) is 6.61 Å². The molecular formula is C9H10BrN3OS. The van der Waals surface area contributed by atoms with E-state index in [1.54, 1.807) is 6.21 Å². The van der Waals surface area contributed by atoms with Crippen LogP contribution in [-0.2, 0) is 0 Å². The van der Waals surface area contributed by atoms with E-state index >= 15 is 0 Å². The van der Waals surface area contributed by atoms with Crippen LogP contribution in [0.2, 0.25) is 0 Å². The predicted molar refractivity (Wildman–Crippen MR) is 68.1 cm³/mol. The molecule has 6 heteroatoms. The number of hydrogen-bond donors (Lipinski definition) is 2. The van der Waals surface area contributed by atoms with Crippen molar-refractivity contribution in [3.05, 3.63) is 28.7 Å². The highest BCUT2D eigenvalue weighted by Crippen LogP contribution is 2.15. The van der Waals surface area contributed by atoms with Crippen LogP contribution >= 0.6 is 28.1 Å². The van der Waals surface area contributed by atoms with Gasteiger partial charge in [0.15, 0.2) is 5.11 Å². The van der Waals surface area contributed by atoms with Gasteiger partial charge >= 0.3 is 0 Å². The van der Waals surface area contributed by atoms with Gasteiger partial charge in [0.05, 0.1) is 6.21 Å². The average molecular weight is 288 g/mol. The molecule has 0 aromatic heterocycles. The van der Waals surface area contributed by atoms with Gasteiger partial charge in [-0.1, -0.05) is 15.9 Å². The van der Waals surface area contributed by atoms with E-state index in [1.165, 1.54) is 0 Å². The van der Waals surface area contributed by atoms with Gasteiger partial charge in [0.25, 0.3) is 0 Å². The van der Waals surface area contributed by atoms with Crippen LogP contribution in [0, 0.1) is 0 Å². The van der Waals surface area contributed by atoms with Crippen molar-refractivity contribution in [1.82, 2.24) is 5.43 Å². The molecule has 0 saturated heterocycles. The summed E-state index contributed by atoms with van der Waals surface area (Å²) >= 11 is 7.89. The van der Waals surface area contributed by atoms with Crippen molar-refractivity contribution in [2.24, 2.45) is 10.8 Å². The van der Waals surface area contributed by atoms with Crippen molar-refractivity contribution < 1.29 is 4.74 Å². The summed E-state index contributed by atoms with van der Waals surface area (Å²) < 4.78 is 6.36. The van der Waals surface area contributed by atoms with Crippen LogP contribution in [0.4, 0.5) is 0 Å². The number of nitrogens with one attached hydrogen (secondary N) is 1. The summed E-state index contributed by atoms with van der Waals surface area (Å²) in [6.07, 6.45) is 1.54. The van der Waals surface area contributed by atoms with Crippen molar-refractivity contribution >= 4 is 39.5 Å². The van der Waals surface area contributed by atoms with Gasteiger partial charge in [-0.15, -0.1) is 0 Å². The third kappa shape index (κ3) is 5.34. The molecule has 0 bridgehead atoms. The molecule has 3 N–H and O–H groups in total. The van der Waals surface area contributed by atoms with Gasteiger partial charge in [0, 0.05) is 4.47 Å². The van der Waals surface area contributed by atoms with E-state index in [0.29, 0.717) is 6.61 Å². The van der Waals surface area contributed by atoms with E-state index in [2.05, 4.69) is 38.7 Å². The van der Waals surface area contributed by atoms with E-state index < -0.39 is 0 Å². The molecule has 0 heterocycles. The van der Waals surface area contributed by atoms with Gasteiger partial charge < -0.3 is 10.5 Å². The molecule has 0 amide bonds. The Kier molecular flexibility index (Phi) is 5.06. The molecule has 0 aliphatic carbocycles. The maximum Gasteiger partial charge on any atom is 0.184 e. The van der Waals surface area contributed by atoms with Crippen LogP contribution in [0.1, 0.15) is 0 Å². The van der Waals surface area contributed by atoms with Crippen LogP contribution < -0.4 is 15.9 Å². The van der Waals surface area contributed by atoms with Crippen molar-refractivity contribution in [3.8, 4) is 5.75 Å². The van der Waals surface area contributed by atoms with E-state index in [1.807, 2.05) is 24.3 Å². The summed E-state index contributed by atoms with van der Waals surface area (Å²) in [5.74, 6) is 0.778. The zero-order chi connectivity index (χ0) is 11.1. The number of nitrogens with zero attached hydrogens (tertiary/aromatic N) is 1. The molecule has 1 aromatic rings. The number of hydrazone groups is 1. The fourth-order valence-corrected chi connectivity index (χ4v) is 1.13. The van der Waals surface area contributed by atoms with Crippen LogP contribution in [0.3, 0.4) is 0 Å². The molecule has 0 saturated carbocycles. The fourth-order valence-electron chi connectivity index (χ4n) is 0.811. The largest absolute Gasteiger partial charge is 0.488 e. The van der Waals surface area contributed by atoms with Gasteiger partial charge in [-0.2, -0.15) is 5.10 Å². The topological polar surface area (TPSA) is 59.6 Å². The smallest absolute Gasteiger partial charge is 0.184 e. The molecule has 0 fully saturated rings. The minimum atomic E-state index is 0.134. The quantitative estimate of drug-likeness (QED) is 0.502. The van der Waals surface area contributed by atoms with Crippen molar-refractivity contribution in [2.45, 2.75) is 0 Å². The first-order valence-corrected chi connectivity index (χ1v) is 5.34. The van der Waals surface area contributed by atoms with Crippen LogP contribution in [-0.4, -0.2) is 17.9 Å². The summed E-state index contributed by atoms with van der Waals surface area (Å²) in [6, 6.07) is 7.53. The zero-order valence-electron chi connectivity index (χ0n) is 7.81. The molecule has 15 heavy (non-hydrogen) atoms. The number of rotatable bonds is 4. The number of benzene rings is 1. The number of nitrogens with two attached hydrogens (primary N) is 1. The third-order valence-corrected chi connectivity index (χ3v) is 2.02. The summed E-state index contributed by atoms with van der Waals surface area (Å²) in [7, 11) is 0. The lowest BCUT2D eigenvalue weighted by molar-refractivity contribution is 0.380. The molecule has 1 aromatic carbocycles. The first-order valence-electron chi connectivity index (χ1n) is 4.14. The van der Waals surface area contributed by atoms with Crippen molar-refractivity contribution in [1.29, 1.82) is 0 Å². The summed E-state index contributed by atoms with van der Waals surface area (Å²) in [5.41, 5.74) is 7.60. The Bertz CT molecular complexity index is 353. The van der Waals surface area contributed by atoms with E-state index in [-0.39, 0.29) is 5.11 Å². The molecular weight excluding hydrogens is 278 g/mol. The monoisotopic (exact) mass is 287 g/mol. The Labute approximate surface area is 102 Å². The molecule has 0 aliphatic rings. The minimum Gasteiger partial charge on any atom is -0.488 e. The lowest BCUT2D eigenvalue weighted by atomic mass is 10.3. The Morgan fingerprint density at radius 3 is 2.80 bits per heavy atom. The number of thiocarbonyl (C=S) groups is 1. The van der Waals surface area contributed by atoms with Gasteiger partial charge in [-0.3, -0.25) is 5.43 Å². The highest BCUT2D eigenvalue weighted by Gasteiger charge is 1.91. The highest BCUT2D eigenvalue weighted by molar-refractivity contribution is 9.10. The fraction of sp³-hybridized carbons (Fsp3) is 0.111. The lowest BCUT2D eigenvalue weighted by Crippen LogP contribution is -2.24. The second-order valence-electron chi connectivity index (χ2n) is 2.55. The maximum absolute atomic E-state index is 5.35. The molecule has 0 spiro atoms. The second kappa shape index (κ2) is 6.36. The predicted octanol–water partition coefficient (Wildman–Crippen LogP) is 1.65. The molecule has 0 unspecified atom stereocenters. The third-order valence-electron chi connectivity index (χ3n) is 1.40. The Hall–Kier alpha value is -1.14. The molecule has 0 radical (unpaired) electrons. The van der Waals surface area contributed by atoms with Gasteiger partial charge in [0.2, 0.25) is 0 Å². The SMILES string of the molecule is NC(=S)N/N=C/COc1ccc(Br)cc1. The van der Waals surface area contributed by atoms with Gasteiger partial charge in [-0.25, -0.2) is 0 Å². The Morgan fingerprint density at radius 2 is 2.20 bits per heavy atom. The molecule has 4 nitrogen and oxygen atoms in total. The first-order chi connectivity index (χ1) is 7.18. The number of ether oxygens (including phenoxy) is 1. The standard InChI is InChI=1S/C9H10BrN3OS/c10-7-1-3-8(4-2-7)14-6-5-12-13-9(11)15/h1-5H,6H2,(H3,11,13,15)/b12-5+. The van der Waals surface area contributed by atoms with E-state index in [0.717, 1.165) is 10.2 Å². The maximum atomic E-state index is 5.35. The van der Waals surface area contributed by atoms with Crippen LogP contribution in [0.15, 0.2) is 33.8 Å². The molecule has 80 valence electrons. The normalized spacial score (nSPS) is 10.2. The summed E-state index contributed by atoms with van der Waals surface area (Å²) in [5, 5.41) is 3.86. The van der Waals surface area contributed by atoms with Gasteiger partial charge in [-0.05, 0) is 36.5 Å². The molecule has 0 atom stereocenters. The zero-order valence-corrected chi connectivity index (χ0v) is 10.2. The summed E-state index contributed by atoms with van der Waals surface area (Å²) in [4.78, 5) is 0. The Morgan fingerprint density at radius 1 is 1.53 bits per heavy atom. The highest BCUT2D eigenvalue weighted by atomic mass is 79.9. The lowest BCUT2D eigenvalue weighted by Gasteiger charge is -2.02. The molecule has 0 aliphatic heterocycles. The Balaban J connectivity index is 2.28. The van der Waals surface area contributed by atoms with Crippen LogP contribution in [0.25, 0.3) is 0 Å². The van der Waals surface area contributed by atoms with Crippen LogP contribution in [0.5, 0.6) is 5.75 Å². The summed E-state index contributed by atoms with van der Waals surface area (Å²) in [6.45, 7) is 0.358. The van der Waals surface area contributed by atoms with E-state index in [4.69, 9.17) is 10.5 Å². The van der Waals surface area contributed by atoms with Gasteiger partial charge in [0.1, 0.15) is 12.4 Å². The second-order valence-corrected chi connectivity index (χ2v) is 3.91. The van der Waals surface area contributed by atoms with Crippen molar-refractivity contribution in [3.63, 3.8) is 0 Å².